The molecular weight excluding hydrogens is 282 g/mol. The third-order valence-corrected chi connectivity index (χ3v) is 3.65. The highest BCUT2D eigenvalue weighted by Gasteiger charge is 2.19. The van der Waals surface area contributed by atoms with E-state index in [1.807, 2.05) is 50.0 Å². The van der Waals surface area contributed by atoms with E-state index in [-0.39, 0.29) is 18.3 Å². The Morgan fingerprint density at radius 3 is 2.67 bits per heavy atom. The maximum absolute atomic E-state index is 11.6. The topological polar surface area (TPSA) is 58.9 Å². The zero-order valence-electron chi connectivity index (χ0n) is 12.5. The van der Waals surface area contributed by atoms with E-state index in [0.717, 1.165) is 10.8 Å². The monoisotopic (exact) mass is 301 g/mol. The van der Waals surface area contributed by atoms with Gasteiger partial charge in [0, 0.05) is 11.8 Å². The van der Waals surface area contributed by atoms with Crippen molar-refractivity contribution in [1.29, 1.82) is 0 Å². The molecule has 0 heterocycles. The van der Waals surface area contributed by atoms with Gasteiger partial charge in [0.2, 0.25) is 8.32 Å². The van der Waals surface area contributed by atoms with E-state index in [2.05, 4.69) is 4.99 Å². The van der Waals surface area contributed by atoms with E-state index in [4.69, 9.17) is 4.43 Å². The maximum Gasteiger partial charge on any atom is 0.314 e. The first-order chi connectivity index (χ1) is 9.87. The highest BCUT2D eigenvalue weighted by Crippen LogP contribution is 2.25. The van der Waals surface area contributed by atoms with Gasteiger partial charge in [0.25, 0.3) is 0 Å². The third-order valence-electron chi connectivity index (χ3n) is 2.81. The summed E-state index contributed by atoms with van der Waals surface area (Å²) in [4.78, 5) is 15.7. The van der Waals surface area contributed by atoms with Gasteiger partial charge in [0.15, 0.2) is 0 Å². The molecule has 2 aromatic rings. The number of phenols is 1. The number of aliphatic imine (C=N–C) groups is 1. The van der Waals surface area contributed by atoms with Crippen LogP contribution in [0.2, 0.25) is 19.6 Å². The Bertz CT molecular complexity index is 689. The summed E-state index contributed by atoms with van der Waals surface area (Å²) in [5.41, 5.74) is 0.619. The smallest absolute Gasteiger partial charge is 0.314 e. The first-order valence-corrected chi connectivity index (χ1v) is 10.2. The number of nitrogens with zero attached hydrogens (tertiary/aromatic N) is 1. The van der Waals surface area contributed by atoms with Crippen molar-refractivity contribution in [2.75, 3.05) is 6.54 Å². The van der Waals surface area contributed by atoms with Gasteiger partial charge in [-0.15, -0.1) is 0 Å². The summed E-state index contributed by atoms with van der Waals surface area (Å²) in [6.07, 6.45) is 1.53. The van der Waals surface area contributed by atoms with Crippen LogP contribution >= 0.6 is 0 Å². The quantitative estimate of drug-likeness (QED) is 0.696. The minimum absolute atomic E-state index is 0.0348. The van der Waals surface area contributed by atoms with Gasteiger partial charge in [-0.3, -0.25) is 9.79 Å². The molecule has 0 amide bonds. The van der Waals surface area contributed by atoms with Crippen molar-refractivity contribution in [3.63, 3.8) is 0 Å². The Balaban J connectivity index is 2.18. The Labute approximate surface area is 125 Å². The van der Waals surface area contributed by atoms with Gasteiger partial charge in [-0.1, -0.05) is 30.3 Å². The number of rotatable bonds is 4. The minimum Gasteiger partial charge on any atom is -0.519 e. The summed E-state index contributed by atoms with van der Waals surface area (Å²) < 4.78 is 5.32. The van der Waals surface area contributed by atoms with Crippen LogP contribution in [0.25, 0.3) is 10.8 Å². The first-order valence-electron chi connectivity index (χ1n) is 6.79. The minimum atomic E-state index is -1.88. The molecule has 4 nitrogen and oxygen atoms in total. The average molecular weight is 301 g/mol. The molecule has 1 N–H and O–H groups in total. The molecule has 21 heavy (non-hydrogen) atoms. The van der Waals surface area contributed by atoms with Gasteiger partial charge < -0.3 is 9.53 Å². The van der Waals surface area contributed by atoms with Gasteiger partial charge in [-0.05, 0) is 36.5 Å². The molecule has 0 saturated carbocycles. The van der Waals surface area contributed by atoms with Gasteiger partial charge in [0.1, 0.15) is 12.3 Å². The second-order valence-electron chi connectivity index (χ2n) is 5.78. The summed E-state index contributed by atoms with van der Waals surface area (Å²) >= 11 is 0. The zero-order chi connectivity index (χ0) is 15.5. The van der Waals surface area contributed by atoms with Crippen LogP contribution in [0.3, 0.4) is 0 Å². The fraction of sp³-hybridized carbons (Fsp3) is 0.250. The molecule has 0 unspecified atom stereocenters. The lowest BCUT2D eigenvalue weighted by molar-refractivity contribution is -0.133. The second kappa shape index (κ2) is 6.09. The van der Waals surface area contributed by atoms with Crippen molar-refractivity contribution in [2.24, 2.45) is 4.99 Å². The Morgan fingerprint density at radius 2 is 1.95 bits per heavy atom. The van der Waals surface area contributed by atoms with E-state index >= 15 is 0 Å². The lowest BCUT2D eigenvalue weighted by atomic mass is 10.0. The second-order valence-corrected chi connectivity index (χ2v) is 10.2. The molecular formula is C16H19NO3Si. The molecule has 110 valence electrons. The number of aromatic hydroxyl groups is 1. The number of benzene rings is 2. The molecule has 0 aliphatic carbocycles. The zero-order valence-corrected chi connectivity index (χ0v) is 13.5. The largest absolute Gasteiger partial charge is 0.519 e. The summed E-state index contributed by atoms with van der Waals surface area (Å²) in [6.45, 7) is 5.81. The molecule has 0 fully saturated rings. The van der Waals surface area contributed by atoms with Crippen LogP contribution in [0, 0.1) is 0 Å². The molecule has 0 aromatic heterocycles. The molecule has 0 saturated heterocycles. The van der Waals surface area contributed by atoms with Crippen LogP contribution in [0.1, 0.15) is 5.56 Å². The lowest BCUT2D eigenvalue weighted by Crippen LogP contribution is -2.30. The Hall–Kier alpha value is -2.14. The molecule has 2 aromatic carbocycles. The molecule has 2 rings (SSSR count). The number of fused-ring (bicyclic) bond motifs is 1. The SMILES string of the molecule is C[Si](C)(C)OC(=O)CN=Cc1c(O)ccc2ccccc12. The summed E-state index contributed by atoms with van der Waals surface area (Å²) in [5.74, 6) is -0.179. The highest BCUT2D eigenvalue weighted by atomic mass is 28.4. The average Bonchev–Trinajstić information content (AvgIpc) is 2.39. The molecule has 0 aliphatic heterocycles. The van der Waals surface area contributed by atoms with Crippen molar-refractivity contribution in [2.45, 2.75) is 19.6 Å². The lowest BCUT2D eigenvalue weighted by Gasteiger charge is -2.16. The van der Waals surface area contributed by atoms with Crippen LogP contribution < -0.4 is 0 Å². The standard InChI is InChI=1S/C16H19NO3Si/c1-21(2,3)20-16(19)11-17-10-14-13-7-5-4-6-12(13)8-9-15(14)18/h4-10,18H,11H2,1-3H3. The highest BCUT2D eigenvalue weighted by molar-refractivity contribution is 6.71. The maximum atomic E-state index is 11.6. The van der Waals surface area contributed by atoms with Gasteiger partial charge in [-0.25, -0.2) is 0 Å². The molecule has 5 heteroatoms. The van der Waals surface area contributed by atoms with Crippen molar-refractivity contribution in [1.82, 2.24) is 0 Å². The van der Waals surface area contributed by atoms with Crippen LogP contribution in [0.4, 0.5) is 0 Å². The Morgan fingerprint density at radius 1 is 1.24 bits per heavy atom. The van der Waals surface area contributed by atoms with E-state index in [9.17, 15) is 9.90 Å². The van der Waals surface area contributed by atoms with Crippen molar-refractivity contribution >= 4 is 31.3 Å². The predicted octanol–water partition coefficient (Wildman–Crippen LogP) is 3.34. The van der Waals surface area contributed by atoms with Crippen LogP contribution in [-0.2, 0) is 9.22 Å². The van der Waals surface area contributed by atoms with E-state index in [0.29, 0.717) is 5.56 Å². The van der Waals surface area contributed by atoms with Crippen molar-refractivity contribution in [3.05, 3.63) is 42.0 Å². The van der Waals surface area contributed by atoms with Gasteiger partial charge in [-0.2, -0.15) is 0 Å². The molecule has 0 aliphatic rings. The van der Waals surface area contributed by atoms with Crippen molar-refractivity contribution < 1.29 is 14.3 Å². The fourth-order valence-corrected chi connectivity index (χ4v) is 2.75. The summed E-state index contributed by atoms with van der Waals surface area (Å²) in [7, 11) is -1.88. The van der Waals surface area contributed by atoms with Gasteiger partial charge >= 0.3 is 5.97 Å². The van der Waals surface area contributed by atoms with Crippen LogP contribution in [0.15, 0.2) is 41.4 Å². The normalized spacial score (nSPS) is 12.0. The van der Waals surface area contributed by atoms with E-state index < -0.39 is 8.32 Å². The molecule has 0 radical (unpaired) electrons. The van der Waals surface area contributed by atoms with E-state index in [1.165, 1.54) is 6.21 Å². The molecule has 0 spiro atoms. The first kappa shape index (κ1) is 15.2. The van der Waals surface area contributed by atoms with Gasteiger partial charge in [0.05, 0.1) is 0 Å². The fourth-order valence-electron chi connectivity index (χ4n) is 2.01. The number of hydrogen-bond donors (Lipinski definition) is 1. The number of hydrogen-bond acceptors (Lipinski definition) is 4. The molecule has 0 bridgehead atoms. The summed E-state index contributed by atoms with van der Waals surface area (Å²) in [6, 6.07) is 11.2. The van der Waals surface area contributed by atoms with Crippen LogP contribution in [0.5, 0.6) is 5.75 Å². The Kier molecular flexibility index (Phi) is 4.42. The third kappa shape index (κ3) is 4.16. The number of phenolic OH excluding ortho intramolecular Hbond substituents is 1. The molecule has 0 atom stereocenters. The summed E-state index contributed by atoms with van der Waals surface area (Å²) in [5, 5.41) is 11.9. The van der Waals surface area contributed by atoms with E-state index in [1.54, 1.807) is 6.07 Å². The van der Waals surface area contributed by atoms with Crippen molar-refractivity contribution in [3.8, 4) is 5.75 Å². The van der Waals surface area contributed by atoms with Crippen LogP contribution in [-0.4, -0.2) is 32.2 Å². The number of carbonyl (C=O) groups is 1. The number of carbonyl (C=O) groups excluding carboxylic acids is 1. The predicted molar refractivity (Wildman–Crippen MR) is 87.5 cm³/mol.